The summed E-state index contributed by atoms with van der Waals surface area (Å²) in [6.07, 6.45) is 1.05. The van der Waals surface area contributed by atoms with E-state index in [0.717, 1.165) is 0 Å². The van der Waals surface area contributed by atoms with Crippen LogP contribution in [0.25, 0.3) is 0 Å². The Bertz CT molecular complexity index is 196. The van der Waals surface area contributed by atoms with E-state index in [4.69, 9.17) is 0 Å². The lowest BCUT2D eigenvalue weighted by Gasteiger charge is -2.17. The number of esters is 2. The van der Waals surface area contributed by atoms with Crippen molar-refractivity contribution in [2.24, 2.45) is 0 Å². The van der Waals surface area contributed by atoms with E-state index in [-0.39, 0.29) is 12.8 Å². The monoisotopic (exact) mass is 188 g/mol. The molecule has 0 rings (SSSR count). The van der Waals surface area contributed by atoms with Crippen molar-refractivity contribution in [3.8, 4) is 0 Å². The zero-order valence-corrected chi connectivity index (χ0v) is 8.29. The highest BCUT2D eigenvalue weighted by molar-refractivity contribution is 5.89. The van der Waals surface area contributed by atoms with Gasteiger partial charge in [-0.3, -0.25) is 4.79 Å². The van der Waals surface area contributed by atoms with Gasteiger partial charge in [0, 0.05) is 6.42 Å². The molecule has 13 heavy (non-hydrogen) atoms. The van der Waals surface area contributed by atoms with Crippen molar-refractivity contribution < 1.29 is 19.4 Å². The molecule has 0 aliphatic rings. The molecule has 0 heterocycles. The summed E-state index contributed by atoms with van der Waals surface area (Å²) in [5.74, 6) is -1.45. The minimum Gasteiger partial charge on any atom is -0.391 e. The zero-order valence-electron chi connectivity index (χ0n) is 8.29. The molecule has 1 atom stereocenters. The van der Waals surface area contributed by atoms with E-state index in [1.165, 1.54) is 6.92 Å². The van der Waals surface area contributed by atoms with Gasteiger partial charge in [-0.2, -0.15) is 0 Å². The van der Waals surface area contributed by atoms with Crippen molar-refractivity contribution in [3.05, 3.63) is 0 Å². The fourth-order valence-corrected chi connectivity index (χ4v) is 0.613. The SMILES string of the molecule is CCCC(=O)OC(=O)C(C)(O)CC. The number of carbonyl (C=O) groups is 2. The minimum absolute atomic E-state index is 0.200. The minimum atomic E-state index is -1.55. The Kier molecular flexibility index (Phi) is 4.62. The van der Waals surface area contributed by atoms with Crippen molar-refractivity contribution in [3.63, 3.8) is 0 Å². The van der Waals surface area contributed by atoms with Crippen molar-refractivity contribution in [1.29, 1.82) is 0 Å². The van der Waals surface area contributed by atoms with Crippen LogP contribution in [0.15, 0.2) is 0 Å². The largest absolute Gasteiger partial charge is 0.391 e. The number of aliphatic hydroxyl groups is 1. The van der Waals surface area contributed by atoms with Gasteiger partial charge in [0.15, 0.2) is 5.60 Å². The van der Waals surface area contributed by atoms with Gasteiger partial charge in [-0.05, 0) is 19.8 Å². The molecular formula is C9H16O4. The van der Waals surface area contributed by atoms with Crippen LogP contribution >= 0.6 is 0 Å². The van der Waals surface area contributed by atoms with Gasteiger partial charge in [-0.15, -0.1) is 0 Å². The fourth-order valence-electron chi connectivity index (χ4n) is 0.613. The molecule has 0 aliphatic carbocycles. The van der Waals surface area contributed by atoms with E-state index in [2.05, 4.69) is 4.74 Å². The summed E-state index contributed by atoms with van der Waals surface area (Å²) in [6.45, 7) is 4.78. The lowest BCUT2D eigenvalue weighted by atomic mass is 10.1. The molecule has 0 aromatic heterocycles. The third-order valence-electron chi connectivity index (χ3n) is 1.79. The Morgan fingerprint density at radius 1 is 1.38 bits per heavy atom. The average molecular weight is 188 g/mol. The van der Waals surface area contributed by atoms with E-state index in [1.54, 1.807) is 6.92 Å². The van der Waals surface area contributed by atoms with Gasteiger partial charge in [0.1, 0.15) is 0 Å². The maximum Gasteiger partial charge on any atom is 0.345 e. The Labute approximate surface area is 77.9 Å². The van der Waals surface area contributed by atoms with Crippen molar-refractivity contribution in [2.45, 2.75) is 45.6 Å². The second-order valence-corrected chi connectivity index (χ2v) is 3.14. The third-order valence-corrected chi connectivity index (χ3v) is 1.79. The maximum absolute atomic E-state index is 11.1. The molecule has 4 heteroatoms. The lowest BCUT2D eigenvalue weighted by molar-refractivity contribution is -0.173. The maximum atomic E-state index is 11.1. The molecule has 0 bridgehead atoms. The highest BCUT2D eigenvalue weighted by Crippen LogP contribution is 2.11. The predicted octanol–water partition coefficient (Wildman–Crippen LogP) is 1.02. The molecule has 1 unspecified atom stereocenters. The summed E-state index contributed by atoms with van der Waals surface area (Å²) >= 11 is 0. The molecular weight excluding hydrogens is 172 g/mol. The van der Waals surface area contributed by atoms with Crippen LogP contribution in [-0.2, 0) is 14.3 Å². The first-order valence-electron chi connectivity index (χ1n) is 4.41. The van der Waals surface area contributed by atoms with Gasteiger partial charge < -0.3 is 9.84 Å². The molecule has 0 aliphatic heterocycles. The lowest BCUT2D eigenvalue weighted by Crippen LogP contribution is -2.37. The Balaban J connectivity index is 4.07. The first-order chi connectivity index (χ1) is 5.94. The number of ether oxygens (including phenoxy) is 1. The van der Waals surface area contributed by atoms with Gasteiger partial charge >= 0.3 is 11.9 Å². The smallest absolute Gasteiger partial charge is 0.345 e. The molecule has 0 amide bonds. The topological polar surface area (TPSA) is 63.6 Å². The summed E-state index contributed by atoms with van der Waals surface area (Å²) in [4.78, 5) is 21.9. The second kappa shape index (κ2) is 4.97. The van der Waals surface area contributed by atoms with Crippen LogP contribution in [0.3, 0.4) is 0 Å². The number of hydrogen-bond donors (Lipinski definition) is 1. The van der Waals surface area contributed by atoms with Gasteiger partial charge in [-0.1, -0.05) is 13.8 Å². The second-order valence-electron chi connectivity index (χ2n) is 3.14. The standard InChI is InChI=1S/C9H16O4/c1-4-6-7(10)13-8(11)9(3,12)5-2/h12H,4-6H2,1-3H3. The van der Waals surface area contributed by atoms with Crippen molar-refractivity contribution in [2.75, 3.05) is 0 Å². The van der Waals surface area contributed by atoms with E-state index >= 15 is 0 Å². The Hall–Kier alpha value is -0.900. The summed E-state index contributed by atoms with van der Waals surface area (Å²) in [5.41, 5.74) is -1.55. The third kappa shape index (κ3) is 4.03. The van der Waals surface area contributed by atoms with E-state index in [0.29, 0.717) is 6.42 Å². The number of carbonyl (C=O) groups excluding carboxylic acids is 2. The summed E-state index contributed by atoms with van der Waals surface area (Å²) in [6, 6.07) is 0. The van der Waals surface area contributed by atoms with Gasteiger partial charge in [0.25, 0.3) is 0 Å². The Morgan fingerprint density at radius 2 is 1.92 bits per heavy atom. The van der Waals surface area contributed by atoms with Crippen LogP contribution in [0, 0.1) is 0 Å². The first-order valence-corrected chi connectivity index (χ1v) is 4.41. The molecule has 0 saturated carbocycles. The molecule has 76 valence electrons. The van der Waals surface area contributed by atoms with Crippen LogP contribution in [0.2, 0.25) is 0 Å². The molecule has 0 saturated heterocycles. The van der Waals surface area contributed by atoms with Crippen molar-refractivity contribution in [1.82, 2.24) is 0 Å². The average Bonchev–Trinajstić information content (AvgIpc) is 2.04. The summed E-state index contributed by atoms with van der Waals surface area (Å²) in [5, 5.41) is 9.38. The molecule has 1 N–H and O–H groups in total. The normalized spacial score (nSPS) is 14.8. The molecule has 4 nitrogen and oxygen atoms in total. The van der Waals surface area contributed by atoms with Gasteiger partial charge in [-0.25, -0.2) is 4.79 Å². The van der Waals surface area contributed by atoms with Crippen LogP contribution < -0.4 is 0 Å². The van der Waals surface area contributed by atoms with Crippen molar-refractivity contribution >= 4 is 11.9 Å². The Morgan fingerprint density at radius 3 is 2.31 bits per heavy atom. The van der Waals surface area contributed by atoms with E-state index < -0.39 is 17.5 Å². The fraction of sp³-hybridized carbons (Fsp3) is 0.778. The van der Waals surface area contributed by atoms with Crippen LogP contribution in [-0.4, -0.2) is 22.6 Å². The summed E-state index contributed by atoms with van der Waals surface area (Å²) < 4.78 is 4.42. The van der Waals surface area contributed by atoms with E-state index in [1.807, 2.05) is 6.92 Å². The zero-order chi connectivity index (χ0) is 10.5. The van der Waals surface area contributed by atoms with Gasteiger partial charge in [0.05, 0.1) is 0 Å². The number of hydrogen-bond acceptors (Lipinski definition) is 4. The van der Waals surface area contributed by atoms with Crippen LogP contribution in [0.5, 0.6) is 0 Å². The number of rotatable bonds is 4. The molecule has 0 spiro atoms. The highest BCUT2D eigenvalue weighted by Gasteiger charge is 2.31. The van der Waals surface area contributed by atoms with Gasteiger partial charge in [0.2, 0.25) is 0 Å². The van der Waals surface area contributed by atoms with Crippen LogP contribution in [0.1, 0.15) is 40.0 Å². The molecule has 0 fully saturated rings. The molecule has 0 aromatic carbocycles. The van der Waals surface area contributed by atoms with E-state index in [9.17, 15) is 14.7 Å². The first kappa shape index (κ1) is 12.1. The molecule has 0 aromatic rings. The predicted molar refractivity (Wildman–Crippen MR) is 46.9 cm³/mol. The highest BCUT2D eigenvalue weighted by atomic mass is 16.6. The van der Waals surface area contributed by atoms with Crippen LogP contribution in [0.4, 0.5) is 0 Å². The summed E-state index contributed by atoms with van der Waals surface area (Å²) in [7, 11) is 0. The quantitative estimate of drug-likeness (QED) is 0.528. The molecule has 0 radical (unpaired) electrons.